The summed E-state index contributed by atoms with van der Waals surface area (Å²) >= 11 is 1.65. The number of carbonyl (C=O) groups excluding carboxylic acids is 1. The van der Waals surface area contributed by atoms with Crippen molar-refractivity contribution in [3.8, 4) is 6.07 Å². The number of aromatic nitrogens is 1. The molecule has 4 rings (SSSR count). The van der Waals surface area contributed by atoms with E-state index >= 15 is 0 Å². The van der Waals surface area contributed by atoms with E-state index in [1.165, 1.54) is 0 Å². The minimum atomic E-state index is 0.0245. The first-order valence-electron chi connectivity index (χ1n) is 7.64. The maximum atomic E-state index is 12.5. The Morgan fingerprint density at radius 2 is 2.09 bits per heavy atom. The molecule has 2 aliphatic rings. The van der Waals surface area contributed by atoms with Crippen LogP contribution in [0.1, 0.15) is 18.4 Å². The van der Waals surface area contributed by atoms with Crippen molar-refractivity contribution in [1.82, 2.24) is 4.98 Å². The van der Waals surface area contributed by atoms with Gasteiger partial charge in [0, 0.05) is 48.7 Å². The summed E-state index contributed by atoms with van der Waals surface area (Å²) < 4.78 is 0. The van der Waals surface area contributed by atoms with E-state index in [9.17, 15) is 4.79 Å². The summed E-state index contributed by atoms with van der Waals surface area (Å²) in [7, 11) is 0. The Morgan fingerprint density at radius 3 is 2.78 bits per heavy atom. The van der Waals surface area contributed by atoms with Gasteiger partial charge in [0.15, 0.2) is 5.13 Å². The average Bonchev–Trinajstić information content (AvgIpc) is 3.29. The van der Waals surface area contributed by atoms with Crippen LogP contribution in [-0.4, -0.2) is 30.5 Å². The van der Waals surface area contributed by atoms with E-state index in [4.69, 9.17) is 5.26 Å². The van der Waals surface area contributed by atoms with Crippen molar-refractivity contribution in [1.29, 1.82) is 5.26 Å². The second-order valence-electron chi connectivity index (χ2n) is 6.30. The van der Waals surface area contributed by atoms with Crippen LogP contribution in [0, 0.1) is 16.7 Å². The predicted molar refractivity (Wildman–Crippen MR) is 89.5 cm³/mol. The third-order valence-corrected chi connectivity index (χ3v) is 5.59. The van der Waals surface area contributed by atoms with Crippen LogP contribution in [0.15, 0.2) is 35.8 Å². The fraction of sp³-hybridized carbons (Fsp3) is 0.353. The molecule has 6 heteroatoms. The molecule has 2 fully saturated rings. The molecule has 23 heavy (non-hydrogen) atoms. The maximum absolute atomic E-state index is 12.5. The monoisotopic (exact) mass is 324 g/mol. The standard InChI is InChI=1S/C17H16N4OS/c18-10-13-1-3-14(4-2-13)21-12-17(9-15(21)22)5-7-20(11-17)16-19-6-8-23-16/h1-4,6,8H,5,7,9,11-12H2. The predicted octanol–water partition coefficient (Wildman–Crippen LogP) is 2.65. The third kappa shape index (κ3) is 2.47. The van der Waals surface area contributed by atoms with Crippen LogP contribution < -0.4 is 9.80 Å². The van der Waals surface area contributed by atoms with E-state index < -0.39 is 0 Å². The van der Waals surface area contributed by atoms with Crippen LogP contribution in [0.2, 0.25) is 0 Å². The molecule has 0 bridgehead atoms. The van der Waals surface area contributed by atoms with Gasteiger partial charge in [-0.15, -0.1) is 11.3 Å². The van der Waals surface area contributed by atoms with Crippen molar-refractivity contribution in [3.63, 3.8) is 0 Å². The van der Waals surface area contributed by atoms with Crippen molar-refractivity contribution >= 4 is 28.1 Å². The lowest BCUT2D eigenvalue weighted by Crippen LogP contribution is -2.31. The molecule has 1 amide bonds. The molecule has 0 aliphatic carbocycles. The van der Waals surface area contributed by atoms with E-state index in [1.54, 1.807) is 23.5 Å². The smallest absolute Gasteiger partial charge is 0.227 e. The number of hydrogen-bond donors (Lipinski definition) is 0. The van der Waals surface area contributed by atoms with E-state index in [0.29, 0.717) is 12.0 Å². The normalized spacial score (nSPS) is 23.7. The first kappa shape index (κ1) is 14.2. The summed E-state index contributed by atoms with van der Waals surface area (Å²) in [6.45, 7) is 2.60. The zero-order valence-corrected chi connectivity index (χ0v) is 13.4. The van der Waals surface area contributed by atoms with Crippen molar-refractivity contribution < 1.29 is 4.79 Å². The highest BCUT2D eigenvalue weighted by atomic mass is 32.1. The topological polar surface area (TPSA) is 60.2 Å². The lowest BCUT2D eigenvalue weighted by Gasteiger charge is -2.24. The van der Waals surface area contributed by atoms with Crippen LogP contribution in [-0.2, 0) is 4.79 Å². The Labute approximate surface area is 138 Å². The second-order valence-corrected chi connectivity index (χ2v) is 7.17. The van der Waals surface area contributed by atoms with E-state index in [2.05, 4.69) is 16.0 Å². The number of benzene rings is 1. The summed E-state index contributed by atoms with van der Waals surface area (Å²) in [5.41, 5.74) is 1.53. The van der Waals surface area contributed by atoms with Gasteiger partial charge < -0.3 is 9.80 Å². The molecule has 3 heterocycles. The Morgan fingerprint density at radius 1 is 1.26 bits per heavy atom. The molecule has 1 spiro atoms. The maximum Gasteiger partial charge on any atom is 0.227 e. The number of carbonyl (C=O) groups is 1. The Hall–Kier alpha value is -2.39. The number of thiazole rings is 1. The van der Waals surface area contributed by atoms with E-state index in [1.807, 2.05) is 28.6 Å². The first-order valence-corrected chi connectivity index (χ1v) is 8.52. The number of amides is 1. The van der Waals surface area contributed by atoms with Crippen LogP contribution in [0.25, 0.3) is 0 Å². The molecule has 2 aromatic rings. The van der Waals surface area contributed by atoms with Crippen molar-refractivity contribution in [3.05, 3.63) is 41.4 Å². The summed E-state index contributed by atoms with van der Waals surface area (Å²) in [5, 5.41) is 11.9. The minimum Gasteiger partial charge on any atom is -0.347 e. The van der Waals surface area contributed by atoms with Gasteiger partial charge in [0.2, 0.25) is 5.91 Å². The highest BCUT2D eigenvalue weighted by Crippen LogP contribution is 2.43. The number of nitrogens with zero attached hydrogens (tertiary/aromatic N) is 4. The summed E-state index contributed by atoms with van der Waals surface area (Å²) in [6.07, 6.45) is 3.44. The lowest BCUT2D eigenvalue weighted by atomic mass is 9.86. The first-order chi connectivity index (χ1) is 11.2. The quantitative estimate of drug-likeness (QED) is 0.852. The van der Waals surface area contributed by atoms with Gasteiger partial charge in [-0.3, -0.25) is 4.79 Å². The Kier molecular flexibility index (Phi) is 3.31. The fourth-order valence-electron chi connectivity index (χ4n) is 3.59. The molecule has 1 atom stereocenters. The molecule has 5 nitrogen and oxygen atoms in total. The Balaban J connectivity index is 1.53. The number of nitriles is 1. The molecular weight excluding hydrogens is 308 g/mol. The summed E-state index contributed by atoms with van der Waals surface area (Å²) in [4.78, 5) is 21.1. The lowest BCUT2D eigenvalue weighted by molar-refractivity contribution is -0.117. The minimum absolute atomic E-state index is 0.0245. The molecule has 116 valence electrons. The molecule has 0 saturated carbocycles. The van der Waals surface area contributed by atoms with Gasteiger partial charge in [0.05, 0.1) is 11.6 Å². The van der Waals surface area contributed by atoms with Crippen LogP contribution in [0.5, 0.6) is 0 Å². The van der Waals surface area contributed by atoms with Gasteiger partial charge in [0.25, 0.3) is 0 Å². The molecule has 0 N–H and O–H groups in total. The second kappa shape index (κ2) is 5.36. The number of hydrogen-bond acceptors (Lipinski definition) is 5. The molecule has 2 aliphatic heterocycles. The van der Waals surface area contributed by atoms with Crippen molar-refractivity contribution in [2.45, 2.75) is 12.8 Å². The van der Waals surface area contributed by atoms with Gasteiger partial charge in [-0.2, -0.15) is 5.26 Å². The summed E-state index contributed by atoms with van der Waals surface area (Å²) in [6, 6.07) is 9.37. The van der Waals surface area contributed by atoms with Gasteiger partial charge in [-0.05, 0) is 30.7 Å². The molecule has 1 aromatic heterocycles. The van der Waals surface area contributed by atoms with E-state index in [0.717, 1.165) is 36.9 Å². The van der Waals surface area contributed by atoms with Crippen molar-refractivity contribution in [2.75, 3.05) is 29.4 Å². The highest BCUT2D eigenvalue weighted by molar-refractivity contribution is 7.13. The van der Waals surface area contributed by atoms with Crippen LogP contribution in [0.4, 0.5) is 10.8 Å². The average molecular weight is 324 g/mol. The van der Waals surface area contributed by atoms with Gasteiger partial charge >= 0.3 is 0 Å². The molecule has 2 saturated heterocycles. The third-order valence-electron chi connectivity index (χ3n) is 4.76. The molecule has 1 aromatic carbocycles. The molecule has 0 radical (unpaired) electrons. The summed E-state index contributed by atoms with van der Waals surface area (Å²) in [5.74, 6) is 0.177. The zero-order valence-electron chi connectivity index (χ0n) is 12.6. The Bertz CT molecular complexity index is 765. The zero-order chi connectivity index (χ0) is 15.9. The van der Waals surface area contributed by atoms with Crippen LogP contribution in [0.3, 0.4) is 0 Å². The van der Waals surface area contributed by atoms with Gasteiger partial charge in [-0.1, -0.05) is 0 Å². The number of rotatable bonds is 2. The van der Waals surface area contributed by atoms with Crippen LogP contribution >= 0.6 is 11.3 Å². The van der Waals surface area contributed by atoms with Gasteiger partial charge in [0.1, 0.15) is 0 Å². The van der Waals surface area contributed by atoms with Crippen molar-refractivity contribution in [2.24, 2.45) is 5.41 Å². The van der Waals surface area contributed by atoms with E-state index in [-0.39, 0.29) is 11.3 Å². The molecule has 1 unspecified atom stereocenters. The molecular formula is C17H16N4OS. The largest absolute Gasteiger partial charge is 0.347 e. The number of anilines is 2. The highest BCUT2D eigenvalue weighted by Gasteiger charge is 2.48. The SMILES string of the molecule is N#Cc1ccc(N2CC3(CCN(c4nccs4)C3)CC2=O)cc1. The fourth-order valence-corrected chi connectivity index (χ4v) is 4.26. The van der Waals surface area contributed by atoms with Gasteiger partial charge in [-0.25, -0.2) is 4.98 Å².